The van der Waals surface area contributed by atoms with E-state index in [1.807, 2.05) is 19.1 Å². The summed E-state index contributed by atoms with van der Waals surface area (Å²) in [5.74, 6) is 0.446. The first kappa shape index (κ1) is 11.2. The SMILES string of the molecule is C=CCC1(CC=CC)CCCCC1=O. The number of carbonyl (C=O) groups excluding carboxylic acids is 1. The Hall–Kier alpha value is -0.850. The molecule has 1 fully saturated rings. The van der Waals surface area contributed by atoms with Crippen molar-refractivity contribution in [1.82, 2.24) is 0 Å². The fourth-order valence-electron chi connectivity index (χ4n) is 2.29. The molecule has 0 amide bonds. The van der Waals surface area contributed by atoms with Gasteiger partial charge in [-0.2, -0.15) is 0 Å². The zero-order chi connectivity index (χ0) is 10.4. The van der Waals surface area contributed by atoms with Crippen molar-refractivity contribution in [1.29, 1.82) is 0 Å². The van der Waals surface area contributed by atoms with E-state index in [4.69, 9.17) is 0 Å². The maximum Gasteiger partial charge on any atom is 0.139 e. The lowest BCUT2D eigenvalue weighted by Crippen LogP contribution is -2.33. The molecule has 0 aromatic carbocycles. The van der Waals surface area contributed by atoms with Gasteiger partial charge >= 0.3 is 0 Å². The third kappa shape index (κ3) is 2.34. The van der Waals surface area contributed by atoms with E-state index >= 15 is 0 Å². The molecule has 1 aliphatic carbocycles. The zero-order valence-corrected chi connectivity index (χ0v) is 9.09. The van der Waals surface area contributed by atoms with Gasteiger partial charge in [0, 0.05) is 11.8 Å². The van der Waals surface area contributed by atoms with E-state index < -0.39 is 0 Å². The Kier molecular flexibility index (Phi) is 4.12. The van der Waals surface area contributed by atoms with Gasteiger partial charge in [0.05, 0.1) is 0 Å². The van der Waals surface area contributed by atoms with Crippen LogP contribution in [0.1, 0.15) is 45.4 Å². The van der Waals surface area contributed by atoms with Gasteiger partial charge in [0.1, 0.15) is 5.78 Å². The predicted octanol–water partition coefficient (Wildman–Crippen LogP) is 3.66. The van der Waals surface area contributed by atoms with E-state index in [9.17, 15) is 4.79 Å². The molecular weight excluding hydrogens is 172 g/mol. The summed E-state index contributed by atoms with van der Waals surface area (Å²) in [5.41, 5.74) is -0.105. The summed E-state index contributed by atoms with van der Waals surface area (Å²) in [6.45, 7) is 5.77. The lowest BCUT2D eigenvalue weighted by Gasteiger charge is -2.34. The van der Waals surface area contributed by atoms with Gasteiger partial charge < -0.3 is 0 Å². The number of hydrogen-bond donors (Lipinski definition) is 0. The summed E-state index contributed by atoms with van der Waals surface area (Å²) < 4.78 is 0. The Morgan fingerprint density at radius 2 is 2.21 bits per heavy atom. The van der Waals surface area contributed by atoms with Crippen molar-refractivity contribution in [3.63, 3.8) is 0 Å². The minimum atomic E-state index is -0.105. The van der Waals surface area contributed by atoms with Crippen LogP contribution in [0.4, 0.5) is 0 Å². The van der Waals surface area contributed by atoms with Crippen LogP contribution in [0, 0.1) is 5.41 Å². The van der Waals surface area contributed by atoms with Crippen LogP contribution in [0.15, 0.2) is 24.8 Å². The first-order valence-corrected chi connectivity index (χ1v) is 5.50. The topological polar surface area (TPSA) is 17.1 Å². The fourth-order valence-corrected chi connectivity index (χ4v) is 2.29. The Labute approximate surface area is 86.9 Å². The first-order chi connectivity index (χ1) is 6.75. The van der Waals surface area contributed by atoms with Crippen molar-refractivity contribution in [3.8, 4) is 0 Å². The Bertz CT molecular complexity index is 240. The molecule has 0 saturated heterocycles. The number of ketones is 1. The van der Waals surface area contributed by atoms with Crippen molar-refractivity contribution in [2.45, 2.75) is 45.4 Å². The van der Waals surface area contributed by atoms with Crippen molar-refractivity contribution in [2.75, 3.05) is 0 Å². The van der Waals surface area contributed by atoms with Crippen LogP contribution < -0.4 is 0 Å². The maximum atomic E-state index is 11.9. The molecule has 1 heteroatoms. The van der Waals surface area contributed by atoms with Crippen LogP contribution in [0.5, 0.6) is 0 Å². The second-order valence-corrected chi connectivity index (χ2v) is 4.18. The predicted molar refractivity (Wildman–Crippen MR) is 60.2 cm³/mol. The van der Waals surface area contributed by atoms with Gasteiger partial charge in [-0.15, -0.1) is 6.58 Å². The molecule has 1 unspecified atom stereocenters. The molecule has 0 aromatic rings. The van der Waals surface area contributed by atoms with Crippen LogP contribution in [0.3, 0.4) is 0 Å². The monoisotopic (exact) mass is 192 g/mol. The molecule has 1 saturated carbocycles. The number of hydrogen-bond acceptors (Lipinski definition) is 1. The van der Waals surface area contributed by atoms with Gasteiger partial charge in [-0.25, -0.2) is 0 Å². The van der Waals surface area contributed by atoms with E-state index in [1.165, 1.54) is 6.42 Å². The molecule has 0 spiro atoms. The van der Waals surface area contributed by atoms with Crippen LogP contribution >= 0.6 is 0 Å². The highest BCUT2D eigenvalue weighted by Crippen LogP contribution is 2.40. The average molecular weight is 192 g/mol. The molecule has 14 heavy (non-hydrogen) atoms. The van der Waals surface area contributed by atoms with Gasteiger partial charge in [0.15, 0.2) is 0 Å². The fraction of sp³-hybridized carbons (Fsp3) is 0.615. The molecule has 0 N–H and O–H groups in total. The van der Waals surface area contributed by atoms with Gasteiger partial charge in [-0.1, -0.05) is 24.6 Å². The molecule has 1 nitrogen and oxygen atoms in total. The highest BCUT2D eigenvalue weighted by Gasteiger charge is 2.37. The lowest BCUT2D eigenvalue weighted by molar-refractivity contribution is -0.131. The quantitative estimate of drug-likeness (QED) is 0.621. The van der Waals surface area contributed by atoms with E-state index in [1.54, 1.807) is 0 Å². The van der Waals surface area contributed by atoms with E-state index in [0.717, 1.165) is 32.1 Å². The minimum absolute atomic E-state index is 0.105. The number of carbonyl (C=O) groups is 1. The standard InChI is InChI=1S/C13H20O/c1-3-5-10-13(9-4-2)11-7-6-8-12(13)14/h3-5H,2,6-11H2,1H3. The van der Waals surface area contributed by atoms with Crippen molar-refractivity contribution < 1.29 is 4.79 Å². The summed E-state index contributed by atoms with van der Waals surface area (Å²) in [7, 11) is 0. The molecule has 0 aliphatic heterocycles. The highest BCUT2D eigenvalue weighted by molar-refractivity contribution is 5.85. The maximum absolute atomic E-state index is 11.9. The normalized spacial score (nSPS) is 28.2. The highest BCUT2D eigenvalue weighted by atomic mass is 16.1. The molecule has 0 aromatic heterocycles. The smallest absolute Gasteiger partial charge is 0.139 e. The van der Waals surface area contributed by atoms with Crippen LogP contribution in [0.25, 0.3) is 0 Å². The minimum Gasteiger partial charge on any atom is -0.299 e. The summed E-state index contributed by atoms with van der Waals surface area (Å²) in [6, 6.07) is 0. The third-order valence-corrected chi connectivity index (χ3v) is 3.18. The number of Topliss-reactive ketones (excluding diaryl/α,β-unsaturated/α-hetero) is 1. The summed E-state index contributed by atoms with van der Waals surface area (Å²) in [5, 5.41) is 0. The second kappa shape index (κ2) is 5.14. The molecule has 0 bridgehead atoms. The van der Waals surface area contributed by atoms with Gasteiger partial charge in [0.25, 0.3) is 0 Å². The van der Waals surface area contributed by atoms with Gasteiger partial charge in [-0.05, 0) is 32.6 Å². The van der Waals surface area contributed by atoms with Crippen molar-refractivity contribution >= 4 is 5.78 Å². The number of allylic oxidation sites excluding steroid dienone is 3. The van der Waals surface area contributed by atoms with E-state index in [2.05, 4.69) is 12.7 Å². The molecule has 1 aliphatic rings. The number of rotatable bonds is 4. The Morgan fingerprint density at radius 3 is 2.79 bits per heavy atom. The van der Waals surface area contributed by atoms with Crippen LogP contribution in [0.2, 0.25) is 0 Å². The van der Waals surface area contributed by atoms with Crippen LogP contribution in [-0.2, 0) is 4.79 Å². The Morgan fingerprint density at radius 1 is 1.43 bits per heavy atom. The summed E-state index contributed by atoms with van der Waals surface area (Å²) in [6.07, 6.45) is 11.9. The average Bonchev–Trinajstić information content (AvgIpc) is 2.20. The first-order valence-electron chi connectivity index (χ1n) is 5.50. The van der Waals surface area contributed by atoms with Gasteiger partial charge in [0.2, 0.25) is 0 Å². The molecule has 1 rings (SSSR count). The van der Waals surface area contributed by atoms with E-state index in [0.29, 0.717) is 5.78 Å². The molecule has 0 heterocycles. The second-order valence-electron chi connectivity index (χ2n) is 4.18. The lowest BCUT2D eigenvalue weighted by atomic mass is 9.68. The van der Waals surface area contributed by atoms with E-state index in [-0.39, 0.29) is 5.41 Å². The van der Waals surface area contributed by atoms with Crippen molar-refractivity contribution in [3.05, 3.63) is 24.8 Å². The zero-order valence-electron chi connectivity index (χ0n) is 9.09. The third-order valence-electron chi connectivity index (χ3n) is 3.18. The van der Waals surface area contributed by atoms with Crippen molar-refractivity contribution in [2.24, 2.45) is 5.41 Å². The van der Waals surface area contributed by atoms with Gasteiger partial charge in [-0.3, -0.25) is 4.79 Å². The van der Waals surface area contributed by atoms with Crippen LogP contribution in [-0.4, -0.2) is 5.78 Å². The summed E-state index contributed by atoms with van der Waals surface area (Å²) in [4.78, 5) is 11.9. The molecule has 1 atom stereocenters. The summed E-state index contributed by atoms with van der Waals surface area (Å²) >= 11 is 0. The molecule has 0 radical (unpaired) electrons. The molecule has 78 valence electrons. The molecular formula is C13H20O. The Balaban J connectivity index is 2.76. The largest absolute Gasteiger partial charge is 0.299 e.